The van der Waals surface area contributed by atoms with E-state index in [1.54, 1.807) is 24.3 Å². The fraction of sp³-hybridized carbons (Fsp3) is 0.0714. The minimum atomic E-state index is -0.303. The Balaban J connectivity index is 2.27. The van der Waals surface area contributed by atoms with E-state index in [-0.39, 0.29) is 11.6 Å². The van der Waals surface area contributed by atoms with E-state index in [1.165, 1.54) is 12.1 Å². The molecule has 0 bridgehead atoms. The average Bonchev–Trinajstić information content (AvgIpc) is 2.66. The van der Waals surface area contributed by atoms with E-state index in [2.05, 4.69) is 4.98 Å². The maximum Gasteiger partial charge on any atom is 0.140 e. The molecule has 1 N–H and O–H groups in total. The fourth-order valence-electron chi connectivity index (χ4n) is 2.08. The molecule has 0 spiro atoms. The Kier molecular flexibility index (Phi) is 2.30. The molecule has 0 atom stereocenters. The lowest BCUT2D eigenvalue weighted by molar-refractivity contribution is 0.475. The molecule has 0 amide bonds. The van der Waals surface area contributed by atoms with Crippen LogP contribution in [-0.2, 0) is 7.05 Å². The number of hydrogen-bond acceptors (Lipinski definition) is 2. The lowest BCUT2D eigenvalue weighted by atomic mass is 10.2. The number of fused-ring (bicyclic) bond motifs is 1. The first-order chi connectivity index (χ1) is 8.65. The van der Waals surface area contributed by atoms with Crippen LogP contribution < -0.4 is 0 Å². The minimum absolute atomic E-state index is 0.186. The molecule has 0 fully saturated rings. The minimum Gasteiger partial charge on any atom is -0.508 e. The lowest BCUT2D eigenvalue weighted by Gasteiger charge is -2.02. The molecule has 0 unspecified atom stereocenters. The van der Waals surface area contributed by atoms with Crippen molar-refractivity contribution in [2.45, 2.75) is 0 Å². The van der Waals surface area contributed by atoms with Gasteiger partial charge in [0.2, 0.25) is 0 Å². The monoisotopic (exact) mass is 242 g/mol. The Morgan fingerprint density at radius 3 is 2.78 bits per heavy atom. The molecule has 0 radical (unpaired) electrons. The normalized spacial score (nSPS) is 11.0. The van der Waals surface area contributed by atoms with Gasteiger partial charge in [0.15, 0.2) is 0 Å². The first-order valence-corrected chi connectivity index (χ1v) is 5.56. The molecular weight excluding hydrogens is 231 g/mol. The van der Waals surface area contributed by atoms with Crippen LogP contribution in [0.5, 0.6) is 5.75 Å². The van der Waals surface area contributed by atoms with Crippen molar-refractivity contribution in [1.82, 2.24) is 9.55 Å². The van der Waals surface area contributed by atoms with Crippen LogP contribution in [0.15, 0.2) is 42.5 Å². The summed E-state index contributed by atoms with van der Waals surface area (Å²) in [7, 11) is 1.87. The van der Waals surface area contributed by atoms with Crippen molar-refractivity contribution in [2.75, 3.05) is 0 Å². The Morgan fingerprint density at radius 1 is 1.17 bits per heavy atom. The van der Waals surface area contributed by atoms with Crippen LogP contribution in [0.1, 0.15) is 0 Å². The first kappa shape index (κ1) is 10.8. The van der Waals surface area contributed by atoms with Gasteiger partial charge in [0.1, 0.15) is 17.4 Å². The summed E-state index contributed by atoms with van der Waals surface area (Å²) >= 11 is 0. The molecule has 3 aromatic rings. The first-order valence-electron chi connectivity index (χ1n) is 5.56. The van der Waals surface area contributed by atoms with E-state index in [9.17, 15) is 9.50 Å². The maximum atomic E-state index is 13.2. The largest absolute Gasteiger partial charge is 0.508 e. The highest BCUT2D eigenvalue weighted by molar-refractivity contribution is 5.80. The molecule has 0 aliphatic carbocycles. The number of nitrogens with zero attached hydrogens (tertiary/aromatic N) is 2. The topological polar surface area (TPSA) is 38.0 Å². The van der Waals surface area contributed by atoms with Crippen LogP contribution in [0.3, 0.4) is 0 Å². The molecule has 0 saturated heterocycles. The van der Waals surface area contributed by atoms with E-state index in [1.807, 2.05) is 17.7 Å². The zero-order chi connectivity index (χ0) is 12.7. The summed E-state index contributed by atoms with van der Waals surface area (Å²) < 4.78 is 15.0. The highest BCUT2D eigenvalue weighted by Crippen LogP contribution is 2.26. The molecule has 2 aromatic carbocycles. The third-order valence-corrected chi connectivity index (χ3v) is 2.95. The molecular formula is C14H11FN2O. The summed E-state index contributed by atoms with van der Waals surface area (Å²) in [4.78, 5) is 4.40. The predicted molar refractivity (Wildman–Crippen MR) is 67.8 cm³/mol. The van der Waals surface area contributed by atoms with Gasteiger partial charge in [-0.05, 0) is 24.3 Å². The van der Waals surface area contributed by atoms with Crippen LogP contribution in [0.2, 0.25) is 0 Å². The number of imidazole rings is 1. The van der Waals surface area contributed by atoms with E-state index in [0.717, 1.165) is 11.1 Å². The number of halogens is 1. The smallest absolute Gasteiger partial charge is 0.140 e. The number of aromatic hydroxyl groups is 1. The van der Waals surface area contributed by atoms with Crippen molar-refractivity contribution >= 4 is 11.0 Å². The van der Waals surface area contributed by atoms with Gasteiger partial charge in [-0.1, -0.05) is 12.1 Å². The molecule has 3 nitrogen and oxygen atoms in total. The summed E-state index contributed by atoms with van der Waals surface area (Å²) in [6, 6.07) is 11.4. The number of hydrogen-bond donors (Lipinski definition) is 1. The molecule has 18 heavy (non-hydrogen) atoms. The number of aryl methyl sites for hydroxylation is 1. The van der Waals surface area contributed by atoms with Gasteiger partial charge in [0, 0.05) is 18.7 Å². The van der Waals surface area contributed by atoms with Crippen LogP contribution in [0.25, 0.3) is 22.4 Å². The molecule has 0 aliphatic heterocycles. The Hall–Kier alpha value is -2.36. The highest BCUT2D eigenvalue weighted by atomic mass is 19.1. The van der Waals surface area contributed by atoms with Crippen LogP contribution in [-0.4, -0.2) is 14.7 Å². The Morgan fingerprint density at radius 2 is 2.00 bits per heavy atom. The number of phenols is 1. The number of aromatic nitrogens is 2. The Labute approximate surface area is 103 Å². The van der Waals surface area contributed by atoms with Crippen molar-refractivity contribution in [3.63, 3.8) is 0 Å². The fourth-order valence-corrected chi connectivity index (χ4v) is 2.08. The van der Waals surface area contributed by atoms with Gasteiger partial charge < -0.3 is 9.67 Å². The van der Waals surface area contributed by atoms with E-state index < -0.39 is 0 Å². The highest BCUT2D eigenvalue weighted by Gasteiger charge is 2.10. The van der Waals surface area contributed by atoms with Crippen molar-refractivity contribution in [2.24, 2.45) is 7.05 Å². The van der Waals surface area contributed by atoms with Gasteiger partial charge in [-0.25, -0.2) is 9.37 Å². The van der Waals surface area contributed by atoms with Crippen molar-refractivity contribution < 1.29 is 9.50 Å². The summed E-state index contributed by atoms with van der Waals surface area (Å²) in [6.45, 7) is 0. The van der Waals surface area contributed by atoms with E-state index in [4.69, 9.17) is 0 Å². The predicted octanol–water partition coefficient (Wildman–Crippen LogP) is 3.09. The molecule has 0 aliphatic rings. The molecule has 1 aromatic heterocycles. The van der Waals surface area contributed by atoms with Crippen molar-refractivity contribution in [3.8, 4) is 17.1 Å². The molecule has 90 valence electrons. The van der Waals surface area contributed by atoms with Gasteiger partial charge in [0.05, 0.1) is 11.0 Å². The zero-order valence-corrected chi connectivity index (χ0v) is 9.76. The number of rotatable bonds is 1. The van der Waals surface area contributed by atoms with Gasteiger partial charge in [-0.3, -0.25) is 0 Å². The van der Waals surface area contributed by atoms with E-state index >= 15 is 0 Å². The summed E-state index contributed by atoms with van der Waals surface area (Å²) in [5, 5.41) is 9.49. The zero-order valence-electron chi connectivity index (χ0n) is 9.76. The quantitative estimate of drug-likeness (QED) is 0.712. The molecule has 4 heteroatoms. The third-order valence-electron chi connectivity index (χ3n) is 2.95. The van der Waals surface area contributed by atoms with Gasteiger partial charge >= 0.3 is 0 Å². The average molecular weight is 242 g/mol. The second kappa shape index (κ2) is 3.84. The van der Waals surface area contributed by atoms with Crippen LogP contribution in [0, 0.1) is 5.82 Å². The number of phenolic OH excluding ortho intramolecular Hbond substituents is 1. The van der Waals surface area contributed by atoms with Crippen molar-refractivity contribution in [1.29, 1.82) is 0 Å². The second-order valence-corrected chi connectivity index (χ2v) is 4.18. The second-order valence-electron chi connectivity index (χ2n) is 4.18. The maximum absolute atomic E-state index is 13.2. The van der Waals surface area contributed by atoms with Gasteiger partial charge in [-0.15, -0.1) is 0 Å². The summed E-state index contributed by atoms with van der Waals surface area (Å²) in [6.07, 6.45) is 0. The van der Waals surface area contributed by atoms with Gasteiger partial charge in [0.25, 0.3) is 0 Å². The van der Waals surface area contributed by atoms with Gasteiger partial charge in [-0.2, -0.15) is 0 Å². The Bertz CT molecular complexity index is 734. The summed E-state index contributed by atoms with van der Waals surface area (Å²) in [5.41, 5.74) is 2.26. The van der Waals surface area contributed by atoms with E-state index in [0.29, 0.717) is 11.3 Å². The lowest BCUT2D eigenvalue weighted by Crippen LogP contribution is -1.92. The standard InChI is InChI=1S/C14H11FN2O/c1-17-13-6-5-10(15)8-12(13)16-14(17)9-3-2-4-11(18)7-9/h2-8,18H,1H3. The SMILES string of the molecule is Cn1c(-c2cccc(O)c2)nc2cc(F)ccc21. The van der Waals surface area contributed by atoms with Crippen molar-refractivity contribution in [3.05, 3.63) is 48.3 Å². The molecule has 1 heterocycles. The summed E-state index contributed by atoms with van der Waals surface area (Å²) in [5.74, 6) is 0.584. The van der Waals surface area contributed by atoms with Crippen LogP contribution in [0.4, 0.5) is 4.39 Å². The molecule has 3 rings (SSSR count). The molecule has 0 saturated carbocycles. The third kappa shape index (κ3) is 1.62. The number of benzene rings is 2. The van der Waals surface area contributed by atoms with Crippen LogP contribution >= 0.6 is 0 Å².